The number of unbranched alkanes of at least 4 members (excludes halogenated alkanes) is 3. The number of carbonyl (C=O) groups is 3. The summed E-state index contributed by atoms with van der Waals surface area (Å²) in [5, 5.41) is 9.29. The number of nitrogens with zero attached hydrogens (tertiary/aromatic N) is 2. The number of halogens is 1. The molecule has 3 unspecified atom stereocenters. The summed E-state index contributed by atoms with van der Waals surface area (Å²) in [5.41, 5.74) is -1.08. The fraction of sp³-hybridized carbons (Fsp3) is 0.731. The largest absolute Gasteiger partial charge is 0.465 e. The summed E-state index contributed by atoms with van der Waals surface area (Å²) in [4.78, 5) is 44.2. The highest BCUT2D eigenvalue weighted by Crippen LogP contribution is 2.60. The maximum absolute atomic E-state index is 14.0. The van der Waals surface area contributed by atoms with Crippen LogP contribution in [0.15, 0.2) is 25.3 Å². The van der Waals surface area contributed by atoms with Crippen molar-refractivity contribution in [1.29, 1.82) is 0 Å². The molecule has 8 nitrogen and oxygen atoms in total. The van der Waals surface area contributed by atoms with E-state index >= 15 is 0 Å². The zero-order chi connectivity index (χ0) is 25.6. The van der Waals surface area contributed by atoms with E-state index in [1.807, 2.05) is 0 Å². The Morgan fingerprint density at radius 3 is 2.71 bits per heavy atom. The van der Waals surface area contributed by atoms with Gasteiger partial charge in [0.05, 0.1) is 24.5 Å². The van der Waals surface area contributed by atoms with Crippen molar-refractivity contribution in [3.8, 4) is 0 Å². The maximum Gasteiger partial charge on any atom is 0.312 e. The Hall–Kier alpha value is -1.71. The van der Waals surface area contributed by atoms with Gasteiger partial charge in [-0.05, 0) is 32.1 Å². The fourth-order valence-electron chi connectivity index (χ4n) is 5.82. The van der Waals surface area contributed by atoms with Crippen molar-refractivity contribution in [2.45, 2.75) is 74.4 Å². The first-order valence-corrected chi connectivity index (χ1v) is 13.7. The molecule has 2 amide bonds. The minimum atomic E-state index is -1.08. The highest BCUT2D eigenvalue weighted by atomic mass is 79.9. The molecule has 3 saturated heterocycles. The van der Waals surface area contributed by atoms with Gasteiger partial charge in [-0.15, -0.1) is 13.2 Å². The monoisotopic (exact) mass is 554 g/mol. The molecule has 2 bridgehead atoms. The van der Waals surface area contributed by atoms with E-state index in [4.69, 9.17) is 9.47 Å². The van der Waals surface area contributed by atoms with Gasteiger partial charge in [-0.2, -0.15) is 0 Å². The number of aliphatic hydroxyl groups excluding tert-OH is 1. The van der Waals surface area contributed by atoms with Crippen molar-refractivity contribution in [1.82, 2.24) is 9.80 Å². The standard InChI is InChI=1S/C26H39BrN2O6/c1-4-7-9-13-28(12-6-3)24(32)22-26-17-18(27)21(35-26)19(25(33)34-16-8-5-2)20(26)23(31)29(22)14-10-11-15-30/h5-6,18-22,30H,2-4,7-17H2,1H3/t18?,19-,20+,21-,22?,26?/m1/s1. The first kappa shape index (κ1) is 27.9. The number of esters is 1. The Labute approximate surface area is 216 Å². The number of ether oxygens (including phenoxy) is 2. The van der Waals surface area contributed by atoms with Gasteiger partial charge in [-0.3, -0.25) is 14.4 Å². The van der Waals surface area contributed by atoms with E-state index in [0.717, 1.165) is 19.3 Å². The summed E-state index contributed by atoms with van der Waals surface area (Å²) in [7, 11) is 0. The molecule has 1 N–H and O–H groups in total. The van der Waals surface area contributed by atoms with Gasteiger partial charge in [0.25, 0.3) is 0 Å². The zero-order valence-electron chi connectivity index (χ0n) is 20.7. The number of rotatable bonds is 15. The van der Waals surface area contributed by atoms with Crippen molar-refractivity contribution < 1.29 is 29.0 Å². The van der Waals surface area contributed by atoms with Gasteiger partial charge in [0.2, 0.25) is 11.8 Å². The number of likely N-dealkylation sites (tertiary alicyclic amines) is 1. The van der Waals surface area contributed by atoms with Crippen molar-refractivity contribution in [3.05, 3.63) is 25.3 Å². The normalized spacial score (nSPS) is 30.9. The third-order valence-corrected chi connectivity index (χ3v) is 8.21. The van der Waals surface area contributed by atoms with Gasteiger partial charge in [0.15, 0.2) is 0 Å². The SMILES string of the molecule is C=CCCOC(=O)[C@H]1[C@@H]2OC3(CC2Br)C(C(=O)N(CC=C)CCCCC)N(CCCCO)C(=O)[C@H]13. The highest BCUT2D eigenvalue weighted by molar-refractivity contribution is 9.09. The molecule has 0 aromatic carbocycles. The number of fused-ring (bicyclic) bond motifs is 1. The van der Waals surface area contributed by atoms with Crippen LogP contribution in [0.5, 0.6) is 0 Å². The van der Waals surface area contributed by atoms with Crippen molar-refractivity contribution in [2.24, 2.45) is 11.8 Å². The molecule has 3 aliphatic heterocycles. The zero-order valence-corrected chi connectivity index (χ0v) is 22.3. The third kappa shape index (κ3) is 5.37. The molecule has 3 heterocycles. The van der Waals surface area contributed by atoms with E-state index in [0.29, 0.717) is 45.3 Å². The molecule has 0 aromatic rings. The van der Waals surface area contributed by atoms with Gasteiger partial charge in [-0.1, -0.05) is 47.8 Å². The van der Waals surface area contributed by atoms with Crippen LogP contribution < -0.4 is 0 Å². The van der Waals surface area contributed by atoms with E-state index in [1.165, 1.54) is 0 Å². The lowest BCUT2D eigenvalue weighted by molar-refractivity contribution is -0.155. The number of hydrogen-bond acceptors (Lipinski definition) is 6. The fourth-order valence-corrected chi connectivity index (χ4v) is 6.77. The Morgan fingerprint density at radius 1 is 1.29 bits per heavy atom. The van der Waals surface area contributed by atoms with Gasteiger partial charge in [0.1, 0.15) is 11.6 Å². The number of carbonyl (C=O) groups excluding carboxylic acids is 3. The molecule has 1 spiro atoms. The second-order valence-corrected chi connectivity index (χ2v) is 10.8. The molecule has 0 aliphatic carbocycles. The Balaban J connectivity index is 1.95. The summed E-state index contributed by atoms with van der Waals surface area (Å²) >= 11 is 3.66. The first-order chi connectivity index (χ1) is 16.9. The van der Waals surface area contributed by atoms with E-state index in [9.17, 15) is 19.5 Å². The van der Waals surface area contributed by atoms with Gasteiger partial charge in [-0.25, -0.2) is 0 Å². The Bertz CT molecular complexity index is 807. The molecule has 3 fully saturated rings. The first-order valence-electron chi connectivity index (χ1n) is 12.8. The molecule has 196 valence electrons. The summed E-state index contributed by atoms with van der Waals surface area (Å²) in [6.07, 6.45) is 7.80. The number of amides is 2. The lowest BCUT2D eigenvalue weighted by atomic mass is 9.70. The second-order valence-electron chi connectivity index (χ2n) is 9.65. The average molecular weight is 556 g/mol. The summed E-state index contributed by atoms with van der Waals surface area (Å²) in [6, 6.07) is -0.823. The molecule has 6 atom stereocenters. The highest BCUT2D eigenvalue weighted by Gasteiger charge is 2.77. The average Bonchev–Trinajstić information content (AvgIpc) is 3.42. The summed E-state index contributed by atoms with van der Waals surface area (Å²) in [5.74, 6) is -2.39. The Kier molecular flexibility index (Phi) is 9.95. The van der Waals surface area contributed by atoms with Crippen LogP contribution in [-0.4, -0.2) is 88.1 Å². The number of aliphatic hydroxyl groups is 1. The predicted molar refractivity (Wildman–Crippen MR) is 136 cm³/mol. The molecule has 0 saturated carbocycles. The van der Waals surface area contributed by atoms with Crippen LogP contribution in [0.3, 0.4) is 0 Å². The van der Waals surface area contributed by atoms with Crippen LogP contribution in [-0.2, 0) is 23.9 Å². The van der Waals surface area contributed by atoms with Gasteiger partial charge in [0, 0.05) is 31.1 Å². The maximum atomic E-state index is 14.0. The van der Waals surface area contributed by atoms with E-state index in [-0.39, 0.29) is 29.9 Å². The molecule has 3 rings (SSSR count). The summed E-state index contributed by atoms with van der Waals surface area (Å²) < 4.78 is 12.0. The predicted octanol–water partition coefficient (Wildman–Crippen LogP) is 2.83. The second kappa shape index (κ2) is 12.5. The van der Waals surface area contributed by atoms with Crippen molar-refractivity contribution in [3.63, 3.8) is 0 Å². The quantitative estimate of drug-likeness (QED) is 0.145. The lowest BCUT2D eigenvalue weighted by Gasteiger charge is -2.37. The molecule has 0 aromatic heterocycles. The minimum Gasteiger partial charge on any atom is -0.465 e. The molecule has 9 heteroatoms. The van der Waals surface area contributed by atoms with Gasteiger partial charge >= 0.3 is 5.97 Å². The molecular weight excluding hydrogens is 516 g/mol. The minimum absolute atomic E-state index is 0.00905. The number of hydrogen-bond donors (Lipinski definition) is 1. The third-order valence-electron chi connectivity index (χ3n) is 7.36. The van der Waals surface area contributed by atoms with Gasteiger partial charge < -0.3 is 24.4 Å². The van der Waals surface area contributed by atoms with Crippen molar-refractivity contribution >= 4 is 33.7 Å². The number of alkyl halides is 1. The van der Waals surface area contributed by atoms with E-state index in [2.05, 4.69) is 36.0 Å². The smallest absolute Gasteiger partial charge is 0.312 e. The van der Waals surface area contributed by atoms with Crippen LogP contribution in [0.4, 0.5) is 0 Å². The topological polar surface area (TPSA) is 96.4 Å². The molecular formula is C26H39BrN2O6. The van der Waals surface area contributed by atoms with Crippen LogP contribution in [0, 0.1) is 11.8 Å². The Morgan fingerprint density at radius 2 is 2.06 bits per heavy atom. The van der Waals surface area contributed by atoms with Crippen LogP contribution >= 0.6 is 15.9 Å². The summed E-state index contributed by atoms with van der Waals surface area (Å²) in [6.45, 7) is 11.1. The van der Waals surface area contributed by atoms with Crippen molar-refractivity contribution in [2.75, 3.05) is 32.8 Å². The van der Waals surface area contributed by atoms with Crippen LogP contribution in [0.25, 0.3) is 0 Å². The lowest BCUT2D eigenvalue weighted by Crippen LogP contribution is -2.57. The molecule has 0 radical (unpaired) electrons. The molecule has 35 heavy (non-hydrogen) atoms. The van der Waals surface area contributed by atoms with Crippen LogP contribution in [0.1, 0.15) is 51.9 Å². The van der Waals surface area contributed by atoms with Crippen LogP contribution in [0.2, 0.25) is 0 Å². The molecule has 3 aliphatic rings. The van der Waals surface area contributed by atoms with E-state index in [1.54, 1.807) is 22.0 Å². The van der Waals surface area contributed by atoms with E-state index < -0.39 is 35.6 Å².